The number of benzene rings is 2. The molecule has 154 valence electrons. The zero-order valence-corrected chi connectivity index (χ0v) is 16.6. The highest BCUT2D eigenvalue weighted by atomic mass is 16.5. The van der Waals surface area contributed by atoms with E-state index >= 15 is 0 Å². The molecule has 2 aromatic carbocycles. The molecular weight excluding hydrogens is 388 g/mol. The first kappa shape index (κ1) is 20.6. The van der Waals surface area contributed by atoms with Crippen LogP contribution in [0.5, 0.6) is 5.88 Å². The normalized spacial score (nSPS) is 10.2. The van der Waals surface area contributed by atoms with Crippen LogP contribution in [0.4, 0.5) is 11.4 Å². The van der Waals surface area contributed by atoms with Crippen LogP contribution in [0.1, 0.15) is 31.1 Å². The number of rotatable bonds is 6. The molecular formula is C21H20N4O5. The Bertz CT molecular complexity index is 1070. The van der Waals surface area contributed by atoms with Crippen LogP contribution < -0.4 is 15.4 Å². The fourth-order valence-electron chi connectivity index (χ4n) is 2.69. The summed E-state index contributed by atoms with van der Waals surface area (Å²) in [6, 6.07) is 12.8. The van der Waals surface area contributed by atoms with Crippen molar-refractivity contribution >= 4 is 29.2 Å². The molecule has 0 spiro atoms. The number of carbonyl (C=O) groups excluding carboxylic acids is 3. The largest absolute Gasteiger partial charge is 0.479 e. The van der Waals surface area contributed by atoms with Gasteiger partial charge in [0.2, 0.25) is 5.88 Å². The van der Waals surface area contributed by atoms with Crippen LogP contribution in [0.25, 0.3) is 0 Å². The van der Waals surface area contributed by atoms with Crippen LogP contribution >= 0.6 is 0 Å². The van der Waals surface area contributed by atoms with Gasteiger partial charge in [0.25, 0.3) is 11.8 Å². The number of nitrogens with zero attached hydrogens (tertiary/aromatic N) is 2. The molecule has 0 aliphatic carbocycles. The van der Waals surface area contributed by atoms with Crippen molar-refractivity contribution in [2.75, 3.05) is 24.9 Å². The zero-order valence-electron chi connectivity index (χ0n) is 16.6. The molecule has 3 rings (SSSR count). The van der Waals surface area contributed by atoms with Gasteiger partial charge in [0.05, 0.1) is 19.8 Å². The molecule has 0 unspecified atom stereocenters. The fourth-order valence-corrected chi connectivity index (χ4v) is 2.69. The van der Waals surface area contributed by atoms with E-state index in [0.29, 0.717) is 28.1 Å². The van der Waals surface area contributed by atoms with Gasteiger partial charge in [-0.25, -0.2) is 4.79 Å². The van der Waals surface area contributed by atoms with Gasteiger partial charge in [0, 0.05) is 30.2 Å². The molecule has 0 atom stereocenters. The van der Waals surface area contributed by atoms with Gasteiger partial charge in [-0.2, -0.15) is 0 Å². The SMILES string of the molecule is COC(=O)c1ccc(NC(=O)c2ccc(NC(=O)c3cn(C)nc3OC)cc2)cc1. The molecule has 30 heavy (non-hydrogen) atoms. The monoisotopic (exact) mass is 408 g/mol. The third-order valence-corrected chi connectivity index (χ3v) is 4.20. The van der Waals surface area contributed by atoms with Crippen molar-refractivity contribution in [3.8, 4) is 5.88 Å². The van der Waals surface area contributed by atoms with Crippen molar-refractivity contribution < 1.29 is 23.9 Å². The molecule has 0 aliphatic heterocycles. The number of nitrogens with one attached hydrogen (secondary N) is 2. The summed E-state index contributed by atoms with van der Waals surface area (Å²) < 4.78 is 11.2. The minimum Gasteiger partial charge on any atom is -0.479 e. The van der Waals surface area contributed by atoms with E-state index in [1.165, 1.54) is 18.9 Å². The van der Waals surface area contributed by atoms with Crippen molar-refractivity contribution in [2.24, 2.45) is 7.05 Å². The maximum atomic E-state index is 12.4. The quantitative estimate of drug-likeness (QED) is 0.607. The molecule has 2 amide bonds. The van der Waals surface area contributed by atoms with Gasteiger partial charge in [0.1, 0.15) is 5.56 Å². The summed E-state index contributed by atoms with van der Waals surface area (Å²) in [6.07, 6.45) is 1.56. The Morgan fingerprint density at radius 3 is 1.90 bits per heavy atom. The number of anilines is 2. The molecule has 1 heterocycles. The van der Waals surface area contributed by atoms with Gasteiger partial charge in [-0.05, 0) is 48.5 Å². The van der Waals surface area contributed by atoms with E-state index in [2.05, 4.69) is 20.5 Å². The summed E-state index contributed by atoms with van der Waals surface area (Å²) in [5.74, 6) is -0.922. The number of aromatic nitrogens is 2. The molecule has 0 fully saturated rings. The van der Waals surface area contributed by atoms with Crippen LogP contribution in [0.15, 0.2) is 54.7 Å². The van der Waals surface area contributed by atoms with Gasteiger partial charge < -0.3 is 20.1 Å². The third kappa shape index (κ3) is 4.64. The summed E-state index contributed by atoms with van der Waals surface area (Å²) in [7, 11) is 4.43. The summed E-state index contributed by atoms with van der Waals surface area (Å²) in [4.78, 5) is 36.3. The number of carbonyl (C=O) groups is 3. The van der Waals surface area contributed by atoms with E-state index in [-0.39, 0.29) is 17.7 Å². The smallest absolute Gasteiger partial charge is 0.337 e. The summed E-state index contributed by atoms with van der Waals surface area (Å²) in [5, 5.41) is 9.52. The van der Waals surface area contributed by atoms with Crippen molar-refractivity contribution in [1.29, 1.82) is 0 Å². The van der Waals surface area contributed by atoms with Crippen LogP contribution in [0.2, 0.25) is 0 Å². The highest BCUT2D eigenvalue weighted by molar-refractivity contribution is 6.07. The minimum atomic E-state index is -0.450. The zero-order chi connectivity index (χ0) is 21.7. The number of hydrogen-bond donors (Lipinski definition) is 2. The minimum absolute atomic E-state index is 0.226. The predicted octanol–water partition coefficient (Wildman–Crippen LogP) is 2.72. The number of methoxy groups -OCH3 is 2. The topological polar surface area (TPSA) is 112 Å². The van der Waals surface area contributed by atoms with E-state index in [1.807, 2.05) is 0 Å². The molecule has 9 nitrogen and oxygen atoms in total. The molecule has 0 aliphatic rings. The Morgan fingerprint density at radius 2 is 1.37 bits per heavy atom. The van der Waals surface area contributed by atoms with Gasteiger partial charge in [-0.3, -0.25) is 14.3 Å². The van der Waals surface area contributed by atoms with Gasteiger partial charge in [0.15, 0.2) is 0 Å². The third-order valence-electron chi connectivity index (χ3n) is 4.20. The second-order valence-electron chi connectivity index (χ2n) is 6.28. The second-order valence-corrected chi connectivity index (χ2v) is 6.28. The Kier molecular flexibility index (Phi) is 6.11. The van der Waals surface area contributed by atoms with E-state index in [1.54, 1.807) is 61.8 Å². The highest BCUT2D eigenvalue weighted by Crippen LogP contribution is 2.18. The van der Waals surface area contributed by atoms with Crippen molar-refractivity contribution in [3.63, 3.8) is 0 Å². The molecule has 2 N–H and O–H groups in total. The first-order valence-electron chi connectivity index (χ1n) is 8.90. The predicted molar refractivity (Wildman–Crippen MR) is 110 cm³/mol. The Hall–Kier alpha value is -4.14. The fraction of sp³-hybridized carbons (Fsp3) is 0.143. The van der Waals surface area contributed by atoms with Crippen LogP contribution in [0.3, 0.4) is 0 Å². The van der Waals surface area contributed by atoms with Crippen LogP contribution in [-0.2, 0) is 11.8 Å². The Labute approximate surface area is 172 Å². The lowest BCUT2D eigenvalue weighted by molar-refractivity contribution is 0.0600. The van der Waals surface area contributed by atoms with E-state index < -0.39 is 5.97 Å². The molecule has 9 heteroatoms. The lowest BCUT2D eigenvalue weighted by Crippen LogP contribution is -2.14. The summed E-state index contributed by atoms with van der Waals surface area (Å²) in [5.41, 5.74) is 2.15. The standard InChI is InChI=1S/C21H20N4O5/c1-25-12-17(20(24-25)29-2)19(27)23-16-8-4-13(5-9-16)18(26)22-15-10-6-14(7-11-15)21(28)30-3/h4-12H,1-3H3,(H,22,26)(H,23,27). The van der Waals surface area contributed by atoms with Gasteiger partial charge >= 0.3 is 5.97 Å². The van der Waals surface area contributed by atoms with Crippen molar-refractivity contribution in [2.45, 2.75) is 0 Å². The van der Waals surface area contributed by atoms with E-state index in [9.17, 15) is 14.4 Å². The van der Waals surface area contributed by atoms with Crippen LogP contribution in [0, 0.1) is 0 Å². The number of hydrogen-bond acceptors (Lipinski definition) is 6. The summed E-state index contributed by atoms with van der Waals surface area (Å²) >= 11 is 0. The Balaban J connectivity index is 1.64. The maximum absolute atomic E-state index is 12.4. The van der Waals surface area contributed by atoms with Crippen LogP contribution in [-0.4, -0.2) is 41.8 Å². The highest BCUT2D eigenvalue weighted by Gasteiger charge is 2.16. The average molecular weight is 408 g/mol. The molecule has 0 saturated carbocycles. The second kappa shape index (κ2) is 8.91. The molecule has 3 aromatic rings. The lowest BCUT2D eigenvalue weighted by atomic mass is 10.1. The van der Waals surface area contributed by atoms with Crippen molar-refractivity contribution in [3.05, 3.63) is 71.4 Å². The van der Waals surface area contributed by atoms with Gasteiger partial charge in [-0.15, -0.1) is 5.10 Å². The summed E-state index contributed by atoms with van der Waals surface area (Å²) in [6.45, 7) is 0. The maximum Gasteiger partial charge on any atom is 0.337 e. The first-order chi connectivity index (χ1) is 14.4. The van der Waals surface area contributed by atoms with E-state index in [0.717, 1.165) is 0 Å². The molecule has 0 saturated heterocycles. The number of aryl methyl sites for hydroxylation is 1. The first-order valence-corrected chi connectivity index (χ1v) is 8.90. The molecule has 0 bridgehead atoms. The number of ether oxygens (including phenoxy) is 2. The molecule has 0 radical (unpaired) electrons. The van der Waals surface area contributed by atoms with Gasteiger partial charge in [-0.1, -0.05) is 0 Å². The van der Waals surface area contributed by atoms with E-state index in [4.69, 9.17) is 4.74 Å². The molecule has 1 aromatic heterocycles. The average Bonchev–Trinajstić information content (AvgIpc) is 3.15. The number of esters is 1. The Morgan fingerprint density at radius 1 is 0.833 bits per heavy atom. The lowest BCUT2D eigenvalue weighted by Gasteiger charge is -2.08. The number of amides is 2. The van der Waals surface area contributed by atoms with Crippen molar-refractivity contribution in [1.82, 2.24) is 9.78 Å².